The lowest BCUT2D eigenvalue weighted by Crippen LogP contribution is -2.25. The predicted molar refractivity (Wildman–Crippen MR) is 79.8 cm³/mol. The molecule has 0 aliphatic carbocycles. The Morgan fingerprint density at radius 1 is 1.17 bits per heavy atom. The van der Waals surface area contributed by atoms with Crippen molar-refractivity contribution in [2.75, 3.05) is 20.1 Å². The Bertz CT molecular complexity index is 297. The molecule has 102 valence electrons. The maximum absolute atomic E-state index is 3.46. The summed E-state index contributed by atoms with van der Waals surface area (Å²) in [7, 11) is 2.21. The number of hydrogen-bond donors (Lipinski definition) is 1. The average Bonchev–Trinajstić information content (AvgIpc) is 2.36. The van der Waals surface area contributed by atoms with Crippen molar-refractivity contribution >= 4 is 0 Å². The molecule has 0 aliphatic rings. The second-order valence-electron chi connectivity index (χ2n) is 5.18. The van der Waals surface area contributed by atoms with E-state index < -0.39 is 0 Å². The van der Waals surface area contributed by atoms with Gasteiger partial charge in [-0.2, -0.15) is 0 Å². The standard InChI is InChI=1S/C16H28N2/c1-4-17-15(2)10-8-9-13-18(3)14-16-11-6-5-7-12-16/h5-7,11-12,15,17H,4,8-10,13-14H2,1-3H3. The molecule has 1 unspecified atom stereocenters. The third kappa shape index (κ3) is 6.77. The normalized spacial score (nSPS) is 12.9. The highest BCUT2D eigenvalue weighted by molar-refractivity contribution is 5.14. The molecule has 0 saturated carbocycles. The van der Waals surface area contributed by atoms with Crippen molar-refractivity contribution < 1.29 is 0 Å². The monoisotopic (exact) mass is 248 g/mol. The van der Waals surface area contributed by atoms with Crippen LogP contribution in [-0.4, -0.2) is 31.1 Å². The van der Waals surface area contributed by atoms with Crippen LogP contribution in [0.4, 0.5) is 0 Å². The summed E-state index contributed by atoms with van der Waals surface area (Å²) in [5, 5.41) is 3.46. The van der Waals surface area contributed by atoms with Crippen LogP contribution in [-0.2, 0) is 6.54 Å². The molecule has 2 heteroatoms. The van der Waals surface area contributed by atoms with Gasteiger partial charge in [0.25, 0.3) is 0 Å². The molecule has 1 aromatic carbocycles. The van der Waals surface area contributed by atoms with E-state index in [-0.39, 0.29) is 0 Å². The van der Waals surface area contributed by atoms with Crippen LogP contribution in [0.15, 0.2) is 30.3 Å². The van der Waals surface area contributed by atoms with Crippen LogP contribution in [0.1, 0.15) is 38.7 Å². The van der Waals surface area contributed by atoms with Crippen LogP contribution in [0.2, 0.25) is 0 Å². The molecule has 1 rings (SSSR count). The van der Waals surface area contributed by atoms with E-state index in [1.807, 2.05) is 0 Å². The zero-order valence-corrected chi connectivity index (χ0v) is 12.2. The van der Waals surface area contributed by atoms with Gasteiger partial charge in [-0.05, 0) is 45.5 Å². The molecule has 0 heterocycles. The first-order valence-electron chi connectivity index (χ1n) is 7.18. The fourth-order valence-corrected chi connectivity index (χ4v) is 2.26. The molecule has 0 spiro atoms. The van der Waals surface area contributed by atoms with Crippen molar-refractivity contribution in [3.63, 3.8) is 0 Å². The molecule has 2 nitrogen and oxygen atoms in total. The molecule has 0 radical (unpaired) electrons. The Morgan fingerprint density at radius 3 is 2.56 bits per heavy atom. The number of nitrogens with one attached hydrogen (secondary N) is 1. The minimum atomic E-state index is 0.662. The van der Waals surface area contributed by atoms with Crippen molar-refractivity contribution in [2.24, 2.45) is 0 Å². The van der Waals surface area contributed by atoms with Gasteiger partial charge in [-0.3, -0.25) is 0 Å². The molecule has 18 heavy (non-hydrogen) atoms. The van der Waals surface area contributed by atoms with Gasteiger partial charge in [-0.25, -0.2) is 0 Å². The maximum atomic E-state index is 3.46. The minimum Gasteiger partial charge on any atom is -0.315 e. The van der Waals surface area contributed by atoms with Gasteiger partial charge in [-0.1, -0.05) is 43.7 Å². The van der Waals surface area contributed by atoms with Crippen LogP contribution < -0.4 is 5.32 Å². The molecule has 0 aromatic heterocycles. The Hall–Kier alpha value is -0.860. The van der Waals surface area contributed by atoms with Gasteiger partial charge in [0.1, 0.15) is 0 Å². The molecule has 0 bridgehead atoms. The molecule has 1 aromatic rings. The summed E-state index contributed by atoms with van der Waals surface area (Å²) in [5.41, 5.74) is 1.40. The smallest absolute Gasteiger partial charge is 0.0230 e. The van der Waals surface area contributed by atoms with Gasteiger partial charge in [0, 0.05) is 12.6 Å². The van der Waals surface area contributed by atoms with Crippen molar-refractivity contribution in [3.05, 3.63) is 35.9 Å². The van der Waals surface area contributed by atoms with Crippen LogP contribution in [0.3, 0.4) is 0 Å². The molecule has 0 fully saturated rings. The molecule has 1 atom stereocenters. The first kappa shape index (κ1) is 15.2. The zero-order chi connectivity index (χ0) is 13.2. The Labute approximate surface area is 112 Å². The van der Waals surface area contributed by atoms with E-state index in [1.165, 1.54) is 31.4 Å². The van der Waals surface area contributed by atoms with Crippen LogP contribution >= 0.6 is 0 Å². The number of unbranched alkanes of at least 4 members (excludes halogenated alkanes) is 1. The van der Waals surface area contributed by atoms with Gasteiger partial charge in [0.05, 0.1) is 0 Å². The molecule has 0 saturated heterocycles. The highest BCUT2D eigenvalue weighted by atomic mass is 15.1. The third-order valence-electron chi connectivity index (χ3n) is 3.27. The fourth-order valence-electron chi connectivity index (χ4n) is 2.26. The number of rotatable bonds is 9. The van der Waals surface area contributed by atoms with E-state index in [1.54, 1.807) is 0 Å². The summed E-state index contributed by atoms with van der Waals surface area (Å²) in [6.45, 7) is 7.77. The van der Waals surface area contributed by atoms with Crippen LogP contribution in [0, 0.1) is 0 Å². The lowest BCUT2D eigenvalue weighted by molar-refractivity contribution is 0.314. The topological polar surface area (TPSA) is 15.3 Å². The maximum Gasteiger partial charge on any atom is 0.0230 e. The summed E-state index contributed by atoms with van der Waals surface area (Å²) in [6.07, 6.45) is 3.89. The summed E-state index contributed by atoms with van der Waals surface area (Å²) < 4.78 is 0. The molecule has 0 amide bonds. The SMILES string of the molecule is CCNC(C)CCCCN(C)Cc1ccccc1. The fraction of sp³-hybridized carbons (Fsp3) is 0.625. The highest BCUT2D eigenvalue weighted by Crippen LogP contribution is 2.05. The van der Waals surface area contributed by atoms with Crippen molar-refractivity contribution in [1.82, 2.24) is 10.2 Å². The predicted octanol–water partition coefficient (Wildman–Crippen LogP) is 3.29. The second kappa shape index (κ2) is 9.12. The quantitative estimate of drug-likeness (QED) is 0.675. The summed E-state index contributed by atoms with van der Waals surface area (Å²) in [6, 6.07) is 11.4. The van der Waals surface area contributed by atoms with Gasteiger partial charge >= 0.3 is 0 Å². The molecular formula is C16H28N2. The van der Waals surface area contributed by atoms with Crippen molar-refractivity contribution in [3.8, 4) is 0 Å². The van der Waals surface area contributed by atoms with Gasteiger partial charge < -0.3 is 10.2 Å². The number of hydrogen-bond acceptors (Lipinski definition) is 2. The largest absolute Gasteiger partial charge is 0.315 e. The Kier molecular flexibility index (Phi) is 7.70. The lowest BCUT2D eigenvalue weighted by Gasteiger charge is -2.17. The van der Waals surface area contributed by atoms with E-state index in [9.17, 15) is 0 Å². The first-order chi connectivity index (χ1) is 8.72. The van der Waals surface area contributed by atoms with E-state index in [0.717, 1.165) is 13.1 Å². The summed E-state index contributed by atoms with van der Waals surface area (Å²) in [4.78, 5) is 2.41. The van der Waals surface area contributed by atoms with Crippen LogP contribution in [0.25, 0.3) is 0 Å². The second-order valence-corrected chi connectivity index (χ2v) is 5.18. The summed E-state index contributed by atoms with van der Waals surface area (Å²) in [5.74, 6) is 0. The molecule has 1 N–H and O–H groups in total. The van der Waals surface area contributed by atoms with E-state index in [2.05, 4.69) is 61.4 Å². The van der Waals surface area contributed by atoms with Crippen molar-refractivity contribution in [1.29, 1.82) is 0 Å². The minimum absolute atomic E-state index is 0.662. The zero-order valence-electron chi connectivity index (χ0n) is 12.2. The van der Waals surface area contributed by atoms with Crippen LogP contribution in [0.5, 0.6) is 0 Å². The Balaban J connectivity index is 2.09. The third-order valence-corrected chi connectivity index (χ3v) is 3.27. The number of nitrogens with zero attached hydrogens (tertiary/aromatic N) is 1. The molecular weight excluding hydrogens is 220 g/mol. The highest BCUT2D eigenvalue weighted by Gasteiger charge is 2.02. The van der Waals surface area contributed by atoms with E-state index in [0.29, 0.717) is 6.04 Å². The van der Waals surface area contributed by atoms with Crippen molar-refractivity contribution in [2.45, 2.75) is 45.7 Å². The van der Waals surface area contributed by atoms with Gasteiger partial charge in [0.2, 0.25) is 0 Å². The lowest BCUT2D eigenvalue weighted by atomic mass is 10.1. The van der Waals surface area contributed by atoms with E-state index in [4.69, 9.17) is 0 Å². The van der Waals surface area contributed by atoms with Gasteiger partial charge in [0.15, 0.2) is 0 Å². The van der Waals surface area contributed by atoms with E-state index >= 15 is 0 Å². The summed E-state index contributed by atoms with van der Waals surface area (Å²) >= 11 is 0. The van der Waals surface area contributed by atoms with Gasteiger partial charge in [-0.15, -0.1) is 0 Å². The Morgan fingerprint density at radius 2 is 1.89 bits per heavy atom. The first-order valence-corrected chi connectivity index (χ1v) is 7.18. The average molecular weight is 248 g/mol. The number of benzene rings is 1. The molecule has 0 aliphatic heterocycles.